The van der Waals surface area contributed by atoms with Crippen LogP contribution in [0.3, 0.4) is 0 Å². The summed E-state index contributed by atoms with van der Waals surface area (Å²) in [6.45, 7) is 3.13. The molecule has 0 aliphatic carbocycles. The van der Waals surface area contributed by atoms with E-state index in [9.17, 15) is 0 Å². The molecule has 1 aromatic rings. The van der Waals surface area contributed by atoms with Crippen LogP contribution >= 0.6 is 0 Å². The lowest BCUT2D eigenvalue weighted by molar-refractivity contribution is 0.117. The zero-order chi connectivity index (χ0) is 9.97. The molecular weight excluding hydrogens is 174 g/mol. The van der Waals surface area contributed by atoms with Crippen molar-refractivity contribution in [2.24, 2.45) is 0 Å². The van der Waals surface area contributed by atoms with E-state index < -0.39 is 0 Å². The largest absolute Gasteiger partial charge is 0.380 e. The SMILES string of the molecule is COC1CNC(c2ccccc2C)C1. The van der Waals surface area contributed by atoms with Gasteiger partial charge < -0.3 is 10.1 Å². The van der Waals surface area contributed by atoms with Crippen LogP contribution in [-0.4, -0.2) is 19.8 Å². The van der Waals surface area contributed by atoms with Gasteiger partial charge in [0.1, 0.15) is 0 Å². The van der Waals surface area contributed by atoms with Gasteiger partial charge in [-0.1, -0.05) is 24.3 Å². The van der Waals surface area contributed by atoms with Gasteiger partial charge in [0.2, 0.25) is 0 Å². The summed E-state index contributed by atoms with van der Waals surface area (Å²) in [6, 6.07) is 9.02. The number of methoxy groups -OCH3 is 1. The van der Waals surface area contributed by atoms with E-state index in [1.165, 1.54) is 11.1 Å². The van der Waals surface area contributed by atoms with E-state index >= 15 is 0 Å². The first kappa shape index (κ1) is 9.69. The first-order valence-corrected chi connectivity index (χ1v) is 5.13. The van der Waals surface area contributed by atoms with Gasteiger partial charge in [0.25, 0.3) is 0 Å². The molecule has 1 aromatic carbocycles. The maximum atomic E-state index is 5.34. The maximum absolute atomic E-state index is 5.34. The monoisotopic (exact) mass is 191 g/mol. The molecule has 0 amide bonds. The average molecular weight is 191 g/mol. The van der Waals surface area contributed by atoms with E-state index in [-0.39, 0.29) is 0 Å². The minimum atomic E-state index is 0.375. The van der Waals surface area contributed by atoms with E-state index in [0.717, 1.165) is 13.0 Å². The fraction of sp³-hybridized carbons (Fsp3) is 0.500. The van der Waals surface area contributed by atoms with Crippen LogP contribution < -0.4 is 5.32 Å². The highest BCUT2D eigenvalue weighted by Crippen LogP contribution is 2.26. The first-order valence-electron chi connectivity index (χ1n) is 5.13. The Hall–Kier alpha value is -0.860. The van der Waals surface area contributed by atoms with Crippen LogP contribution in [0.4, 0.5) is 0 Å². The van der Waals surface area contributed by atoms with Gasteiger partial charge in [-0.15, -0.1) is 0 Å². The van der Waals surface area contributed by atoms with E-state index in [1.54, 1.807) is 7.11 Å². The molecular formula is C12H17NO. The Bertz CT molecular complexity index is 311. The Morgan fingerprint density at radius 3 is 2.79 bits per heavy atom. The van der Waals surface area contributed by atoms with Crippen molar-refractivity contribution in [3.63, 3.8) is 0 Å². The average Bonchev–Trinajstić information content (AvgIpc) is 2.67. The molecule has 1 fully saturated rings. The summed E-state index contributed by atoms with van der Waals surface area (Å²) in [7, 11) is 1.78. The van der Waals surface area contributed by atoms with Gasteiger partial charge in [-0.05, 0) is 24.5 Å². The number of nitrogens with one attached hydrogen (secondary N) is 1. The molecule has 0 bridgehead atoms. The summed E-state index contributed by atoms with van der Waals surface area (Å²) in [5, 5.41) is 3.49. The maximum Gasteiger partial charge on any atom is 0.0714 e. The molecule has 1 N–H and O–H groups in total. The molecule has 0 spiro atoms. The molecule has 1 saturated heterocycles. The Balaban J connectivity index is 2.13. The number of aryl methyl sites for hydroxylation is 1. The first-order chi connectivity index (χ1) is 6.81. The van der Waals surface area contributed by atoms with Gasteiger partial charge in [-0.3, -0.25) is 0 Å². The summed E-state index contributed by atoms with van der Waals surface area (Å²) < 4.78 is 5.34. The molecule has 1 aliphatic rings. The van der Waals surface area contributed by atoms with Crippen molar-refractivity contribution in [3.8, 4) is 0 Å². The van der Waals surface area contributed by atoms with Crippen LogP contribution in [0.25, 0.3) is 0 Å². The lowest BCUT2D eigenvalue weighted by Crippen LogP contribution is -2.16. The molecule has 1 aliphatic heterocycles. The zero-order valence-corrected chi connectivity index (χ0v) is 8.79. The Labute approximate surface area is 85.3 Å². The van der Waals surface area contributed by atoms with Crippen molar-refractivity contribution < 1.29 is 4.74 Å². The standard InChI is InChI=1S/C12H17NO/c1-9-5-3-4-6-11(9)12-7-10(14-2)8-13-12/h3-6,10,12-13H,7-8H2,1-2H3. The minimum Gasteiger partial charge on any atom is -0.380 e. The van der Waals surface area contributed by atoms with Gasteiger partial charge in [0.05, 0.1) is 6.10 Å². The number of rotatable bonds is 2. The number of hydrogen-bond donors (Lipinski definition) is 1. The summed E-state index contributed by atoms with van der Waals surface area (Å²) in [4.78, 5) is 0. The normalized spacial score (nSPS) is 26.7. The van der Waals surface area contributed by atoms with Crippen LogP contribution in [0.5, 0.6) is 0 Å². The second-order valence-corrected chi connectivity index (χ2v) is 3.91. The summed E-state index contributed by atoms with van der Waals surface area (Å²) in [5.74, 6) is 0. The molecule has 0 aromatic heterocycles. The number of ether oxygens (including phenoxy) is 1. The molecule has 0 radical (unpaired) electrons. The smallest absolute Gasteiger partial charge is 0.0714 e. The molecule has 14 heavy (non-hydrogen) atoms. The number of benzene rings is 1. The lowest BCUT2D eigenvalue weighted by atomic mass is 10.00. The third-order valence-corrected chi connectivity index (χ3v) is 2.99. The molecule has 2 unspecified atom stereocenters. The molecule has 2 atom stereocenters. The van der Waals surface area contributed by atoms with Gasteiger partial charge in [0, 0.05) is 19.7 Å². The van der Waals surface area contributed by atoms with Crippen molar-refractivity contribution in [2.75, 3.05) is 13.7 Å². The third-order valence-electron chi connectivity index (χ3n) is 2.99. The predicted octanol–water partition coefficient (Wildman–Crippen LogP) is 2.04. The van der Waals surface area contributed by atoms with Crippen LogP contribution in [0, 0.1) is 6.92 Å². The molecule has 1 heterocycles. The third kappa shape index (κ3) is 1.81. The van der Waals surface area contributed by atoms with Crippen LogP contribution in [0.2, 0.25) is 0 Å². The summed E-state index contributed by atoms with van der Waals surface area (Å²) in [6.07, 6.45) is 1.46. The zero-order valence-electron chi connectivity index (χ0n) is 8.79. The van der Waals surface area contributed by atoms with Crippen molar-refractivity contribution in [1.82, 2.24) is 5.32 Å². The lowest BCUT2D eigenvalue weighted by Gasteiger charge is -2.13. The van der Waals surface area contributed by atoms with Crippen molar-refractivity contribution in [1.29, 1.82) is 0 Å². The molecule has 2 heteroatoms. The molecule has 2 nitrogen and oxygen atoms in total. The highest BCUT2D eigenvalue weighted by atomic mass is 16.5. The van der Waals surface area contributed by atoms with Gasteiger partial charge >= 0.3 is 0 Å². The highest BCUT2D eigenvalue weighted by molar-refractivity contribution is 5.29. The second-order valence-electron chi connectivity index (χ2n) is 3.91. The summed E-state index contributed by atoms with van der Waals surface area (Å²) >= 11 is 0. The van der Waals surface area contributed by atoms with Crippen molar-refractivity contribution in [3.05, 3.63) is 35.4 Å². The van der Waals surface area contributed by atoms with E-state index in [0.29, 0.717) is 12.1 Å². The highest BCUT2D eigenvalue weighted by Gasteiger charge is 2.25. The molecule has 2 rings (SSSR count). The van der Waals surface area contributed by atoms with Gasteiger partial charge in [0.15, 0.2) is 0 Å². The van der Waals surface area contributed by atoms with Crippen molar-refractivity contribution in [2.45, 2.75) is 25.5 Å². The fourth-order valence-electron chi connectivity index (χ4n) is 2.10. The molecule has 0 saturated carbocycles. The fourth-order valence-corrected chi connectivity index (χ4v) is 2.10. The second kappa shape index (κ2) is 4.11. The minimum absolute atomic E-state index is 0.375. The Morgan fingerprint density at radius 2 is 2.14 bits per heavy atom. The van der Waals surface area contributed by atoms with E-state index in [4.69, 9.17) is 4.74 Å². The van der Waals surface area contributed by atoms with E-state index in [1.807, 2.05) is 0 Å². The topological polar surface area (TPSA) is 21.3 Å². The van der Waals surface area contributed by atoms with Gasteiger partial charge in [-0.2, -0.15) is 0 Å². The van der Waals surface area contributed by atoms with Gasteiger partial charge in [-0.25, -0.2) is 0 Å². The quantitative estimate of drug-likeness (QED) is 0.772. The van der Waals surface area contributed by atoms with E-state index in [2.05, 4.69) is 36.5 Å². The Kier molecular flexibility index (Phi) is 2.85. The van der Waals surface area contributed by atoms with Crippen LogP contribution in [0.15, 0.2) is 24.3 Å². The van der Waals surface area contributed by atoms with Crippen LogP contribution in [-0.2, 0) is 4.74 Å². The number of hydrogen-bond acceptors (Lipinski definition) is 2. The summed E-state index contributed by atoms with van der Waals surface area (Å²) in [5.41, 5.74) is 2.77. The van der Waals surface area contributed by atoms with Crippen LogP contribution in [0.1, 0.15) is 23.6 Å². The van der Waals surface area contributed by atoms with Crippen molar-refractivity contribution >= 4 is 0 Å². The predicted molar refractivity (Wildman–Crippen MR) is 57.3 cm³/mol. The molecule has 76 valence electrons. The Morgan fingerprint density at radius 1 is 1.36 bits per heavy atom.